The van der Waals surface area contributed by atoms with Crippen molar-refractivity contribution in [2.45, 2.75) is 62.0 Å². The highest BCUT2D eigenvalue weighted by molar-refractivity contribution is 6.45. The number of rotatable bonds is 0. The average molecular weight is 393 g/mol. The van der Waals surface area contributed by atoms with Gasteiger partial charge in [-0.15, -0.1) is 82.0 Å². The normalized spacial score (nSPS) is 39.2. The first-order chi connectivity index (χ1) is 5.46. The Morgan fingerprint density at radius 1 is 0.412 bits per heavy atom. The fraction of sp³-hybridized carbons (Fsp3) is 1.00. The van der Waals surface area contributed by atoms with E-state index in [9.17, 15) is 0 Å². The van der Waals surface area contributed by atoms with Crippen molar-refractivity contribution in [1.29, 1.82) is 0 Å². The lowest BCUT2D eigenvalue weighted by Crippen LogP contribution is -2.52. The van der Waals surface area contributed by atoms with Gasteiger partial charge in [0, 0.05) is 1.43 Å². The zero-order valence-electron chi connectivity index (χ0n) is 6.14. The van der Waals surface area contributed by atoms with Crippen LogP contribution in [0.25, 0.3) is 0 Å². The highest BCUT2D eigenvalue weighted by Gasteiger charge is 2.46. The zero-order valence-corrected chi connectivity index (χ0v) is 11.5. The van der Waals surface area contributed by atoms with Crippen molar-refractivity contribution in [3.63, 3.8) is 0 Å². The molecule has 17 heavy (non-hydrogen) atoms. The molecule has 1 fully saturated rings. The largest absolute Gasteiger partial charge is 0.147 e. The van der Waals surface area contributed by atoms with E-state index in [0.29, 0.717) is 0 Å². The fourth-order valence-corrected chi connectivity index (χ4v) is 3.38. The van der Waals surface area contributed by atoms with E-state index in [2.05, 4.69) is 0 Å². The van der Waals surface area contributed by atoms with Crippen LogP contribution in [0.4, 0.5) is 0 Å². The highest BCUT2D eigenvalue weighted by Crippen LogP contribution is 2.39. The summed E-state index contributed by atoms with van der Waals surface area (Å²) in [5, 5.41) is -2.62. The number of hydrogen-bond acceptors (Lipinski definition) is 0. The van der Waals surface area contributed by atoms with Crippen molar-refractivity contribution in [2.75, 3.05) is 0 Å². The van der Waals surface area contributed by atoms with Gasteiger partial charge in [-0.2, -0.15) is 0 Å². The van der Waals surface area contributed by atoms with Gasteiger partial charge in [0.05, 0.1) is 32.3 Å². The van der Waals surface area contributed by atoms with Crippen molar-refractivity contribution >= 4 is 82.0 Å². The summed E-state index contributed by atoms with van der Waals surface area (Å²) in [5.74, 6) is 0. The minimum absolute atomic E-state index is 0. The SMILES string of the molecule is C.C.C.C.Cl.ClC1C(Cl)C(Cl)C(Cl)C(Cl)C1Cl.[HH]. The molecule has 0 atom stereocenters. The lowest BCUT2D eigenvalue weighted by atomic mass is 9.97. The molecule has 114 valence electrons. The summed E-state index contributed by atoms with van der Waals surface area (Å²) < 4.78 is 0. The molecule has 1 aliphatic rings. The molecule has 0 aliphatic heterocycles. The van der Waals surface area contributed by atoms with Crippen LogP contribution in [0.3, 0.4) is 0 Å². The first-order valence-corrected chi connectivity index (χ1v) is 5.93. The predicted octanol–water partition coefficient (Wildman–Crippen LogP) is 6.86. The van der Waals surface area contributed by atoms with Crippen LogP contribution in [0.2, 0.25) is 0 Å². The summed E-state index contributed by atoms with van der Waals surface area (Å²) in [6.45, 7) is 0. The quantitative estimate of drug-likeness (QED) is 0.395. The van der Waals surface area contributed by atoms with E-state index >= 15 is 0 Å². The molecule has 0 saturated heterocycles. The Balaban J connectivity index is -0.0000000600. The molecule has 0 nitrogen and oxygen atoms in total. The smallest absolute Gasteiger partial charge is 0.0693 e. The van der Waals surface area contributed by atoms with Crippen LogP contribution < -0.4 is 0 Å². The third kappa shape index (κ3) is 6.84. The molecular weight excluding hydrogens is 368 g/mol. The molecule has 0 radical (unpaired) electrons. The molecule has 0 amide bonds. The Morgan fingerprint density at radius 2 is 0.471 bits per heavy atom. The van der Waals surface area contributed by atoms with E-state index < -0.39 is 32.3 Å². The highest BCUT2D eigenvalue weighted by atomic mass is 35.5. The van der Waals surface area contributed by atoms with Gasteiger partial charge in [0.15, 0.2) is 0 Å². The Labute approximate surface area is 144 Å². The van der Waals surface area contributed by atoms with Crippen molar-refractivity contribution in [3.8, 4) is 0 Å². The van der Waals surface area contributed by atoms with Crippen molar-refractivity contribution in [2.24, 2.45) is 0 Å². The molecule has 0 aromatic rings. The Kier molecular flexibility index (Phi) is 24.1. The Hall–Kier alpha value is 2.03. The van der Waals surface area contributed by atoms with Gasteiger partial charge < -0.3 is 0 Å². The second-order valence-electron chi connectivity index (χ2n) is 2.67. The van der Waals surface area contributed by atoms with E-state index in [0.717, 1.165) is 0 Å². The monoisotopic (exact) mass is 390 g/mol. The van der Waals surface area contributed by atoms with Gasteiger partial charge in [-0.05, 0) is 0 Å². The van der Waals surface area contributed by atoms with Gasteiger partial charge in [0.1, 0.15) is 0 Å². The van der Waals surface area contributed by atoms with Gasteiger partial charge in [0.2, 0.25) is 0 Å². The van der Waals surface area contributed by atoms with Gasteiger partial charge in [-0.3, -0.25) is 0 Å². The van der Waals surface area contributed by atoms with Gasteiger partial charge in [0.25, 0.3) is 0 Å². The average Bonchev–Trinajstić information content (AvgIpc) is 2.08. The molecule has 0 N–H and O–H groups in total. The van der Waals surface area contributed by atoms with Crippen LogP contribution in [0.1, 0.15) is 31.1 Å². The molecular formula is C10H25Cl7. The first kappa shape index (κ1) is 31.4. The minimum atomic E-state index is -0.437. The van der Waals surface area contributed by atoms with Crippen LogP contribution in [-0.2, 0) is 0 Å². The molecule has 0 spiro atoms. The van der Waals surface area contributed by atoms with Crippen LogP contribution in [0, 0.1) is 0 Å². The maximum atomic E-state index is 5.88. The molecule has 0 aromatic heterocycles. The standard InChI is InChI=1S/C6H6Cl6.4CH4.ClH.H2/c7-1-2(8)4(10)6(12)5(11)3(1)9;;;;;;/h1-6H;4*1H4;2*1H. The topological polar surface area (TPSA) is 0 Å². The Bertz CT molecular complexity index is 114. The van der Waals surface area contributed by atoms with Crippen molar-refractivity contribution in [3.05, 3.63) is 0 Å². The minimum Gasteiger partial charge on any atom is -0.147 e. The lowest BCUT2D eigenvalue weighted by Gasteiger charge is -2.37. The number of alkyl halides is 6. The van der Waals surface area contributed by atoms with Crippen molar-refractivity contribution in [1.82, 2.24) is 0 Å². The summed E-state index contributed by atoms with van der Waals surface area (Å²) in [4.78, 5) is 0. The molecule has 1 rings (SSSR count). The zero-order chi connectivity index (χ0) is 9.46. The maximum absolute atomic E-state index is 5.88. The van der Waals surface area contributed by atoms with Crippen molar-refractivity contribution < 1.29 is 1.43 Å². The van der Waals surface area contributed by atoms with E-state index in [-0.39, 0.29) is 43.5 Å². The third-order valence-corrected chi connectivity index (χ3v) is 5.86. The summed E-state index contributed by atoms with van der Waals surface area (Å²) in [6, 6.07) is 0. The first-order valence-electron chi connectivity index (χ1n) is 3.31. The molecule has 1 aliphatic carbocycles. The van der Waals surface area contributed by atoms with Crippen LogP contribution in [0.15, 0.2) is 0 Å². The van der Waals surface area contributed by atoms with Crippen LogP contribution >= 0.6 is 82.0 Å². The maximum Gasteiger partial charge on any atom is 0.0693 e. The summed E-state index contributed by atoms with van der Waals surface area (Å²) in [7, 11) is 0. The van der Waals surface area contributed by atoms with Gasteiger partial charge in [-0.25, -0.2) is 0 Å². The molecule has 0 aromatic carbocycles. The van der Waals surface area contributed by atoms with E-state index in [1.165, 1.54) is 0 Å². The molecule has 0 unspecified atom stereocenters. The van der Waals surface area contributed by atoms with Crippen LogP contribution in [-0.4, -0.2) is 32.3 Å². The second kappa shape index (κ2) is 13.0. The van der Waals surface area contributed by atoms with E-state index in [1.807, 2.05) is 0 Å². The van der Waals surface area contributed by atoms with E-state index in [1.54, 1.807) is 0 Å². The molecule has 1 saturated carbocycles. The fourth-order valence-electron chi connectivity index (χ4n) is 1.05. The number of halogens is 7. The molecule has 0 heterocycles. The Morgan fingerprint density at radius 3 is 0.529 bits per heavy atom. The number of hydrogen-bond donors (Lipinski definition) is 0. The van der Waals surface area contributed by atoms with Gasteiger partial charge in [-0.1, -0.05) is 29.7 Å². The summed E-state index contributed by atoms with van der Waals surface area (Å²) in [6.07, 6.45) is 0. The molecule has 7 heteroatoms. The van der Waals surface area contributed by atoms with Crippen LogP contribution in [0.5, 0.6) is 0 Å². The second-order valence-corrected chi connectivity index (χ2v) is 5.69. The predicted molar refractivity (Wildman–Crippen MR) is 94.1 cm³/mol. The lowest BCUT2D eigenvalue weighted by molar-refractivity contribution is 0.544. The molecule has 0 bridgehead atoms. The summed E-state index contributed by atoms with van der Waals surface area (Å²) in [5.41, 5.74) is 0. The van der Waals surface area contributed by atoms with Gasteiger partial charge >= 0.3 is 0 Å². The third-order valence-electron chi connectivity index (χ3n) is 1.83. The summed E-state index contributed by atoms with van der Waals surface area (Å²) >= 11 is 35.3. The van der Waals surface area contributed by atoms with E-state index in [4.69, 9.17) is 69.6 Å².